The number of carbonyl (C=O) groups is 1. The fourth-order valence-electron chi connectivity index (χ4n) is 3.39. The van der Waals surface area contributed by atoms with Crippen molar-refractivity contribution in [1.82, 2.24) is 10.3 Å². The Morgan fingerprint density at radius 2 is 1.78 bits per heavy atom. The summed E-state index contributed by atoms with van der Waals surface area (Å²) in [5, 5.41) is 3.20. The second-order valence-corrected chi connectivity index (χ2v) is 6.37. The molecule has 120 valence electrons. The first-order valence-corrected chi connectivity index (χ1v) is 8.58. The molecule has 3 rings (SSSR count). The van der Waals surface area contributed by atoms with Crippen LogP contribution in [-0.4, -0.2) is 10.9 Å². The standard InChI is InChI=1S/C20H24N2O/c23-19(15-16-9-3-1-4-10-16)22-20(17-11-5-2-6-12-17)18-13-7-8-14-21-18/h2,5-8,11-14,16,20H,1,3-4,9-10,15H2,(H,22,23)/t20-/m1/s1. The summed E-state index contributed by atoms with van der Waals surface area (Å²) in [5.74, 6) is 0.681. The Morgan fingerprint density at radius 1 is 1.04 bits per heavy atom. The Hall–Kier alpha value is -2.16. The van der Waals surface area contributed by atoms with Gasteiger partial charge in [0.15, 0.2) is 0 Å². The molecule has 1 aromatic carbocycles. The van der Waals surface area contributed by atoms with Gasteiger partial charge in [0.1, 0.15) is 0 Å². The molecule has 1 aliphatic carbocycles. The van der Waals surface area contributed by atoms with Crippen LogP contribution in [0.4, 0.5) is 0 Å². The van der Waals surface area contributed by atoms with Gasteiger partial charge in [0.25, 0.3) is 0 Å². The summed E-state index contributed by atoms with van der Waals surface area (Å²) in [4.78, 5) is 17.0. The van der Waals surface area contributed by atoms with E-state index in [2.05, 4.69) is 10.3 Å². The first-order chi connectivity index (χ1) is 11.3. The third-order valence-corrected chi connectivity index (χ3v) is 4.62. The minimum absolute atomic E-state index is 0.136. The third kappa shape index (κ3) is 4.41. The summed E-state index contributed by atoms with van der Waals surface area (Å²) in [6, 6.07) is 15.7. The molecular weight excluding hydrogens is 284 g/mol. The van der Waals surface area contributed by atoms with Gasteiger partial charge in [0.2, 0.25) is 5.91 Å². The van der Waals surface area contributed by atoms with E-state index in [-0.39, 0.29) is 11.9 Å². The number of carbonyl (C=O) groups excluding carboxylic acids is 1. The smallest absolute Gasteiger partial charge is 0.221 e. The minimum Gasteiger partial charge on any atom is -0.344 e. The highest BCUT2D eigenvalue weighted by molar-refractivity contribution is 5.77. The molecule has 1 aliphatic rings. The summed E-state index contributed by atoms with van der Waals surface area (Å²) in [6.07, 6.45) is 8.63. The maximum Gasteiger partial charge on any atom is 0.221 e. The van der Waals surface area contributed by atoms with E-state index in [1.54, 1.807) is 6.20 Å². The second-order valence-electron chi connectivity index (χ2n) is 6.37. The average Bonchev–Trinajstić information content (AvgIpc) is 2.62. The van der Waals surface area contributed by atoms with Crippen molar-refractivity contribution < 1.29 is 4.79 Å². The molecule has 0 bridgehead atoms. The fourth-order valence-corrected chi connectivity index (χ4v) is 3.39. The van der Waals surface area contributed by atoms with Gasteiger partial charge in [-0.05, 0) is 36.5 Å². The molecule has 1 atom stereocenters. The number of nitrogens with zero attached hydrogens (tertiary/aromatic N) is 1. The Labute approximate surface area is 138 Å². The summed E-state index contributed by atoms with van der Waals surface area (Å²) in [5.41, 5.74) is 1.96. The Bertz CT molecular complexity index is 567. The van der Waals surface area contributed by atoms with Crippen LogP contribution in [0.3, 0.4) is 0 Å². The summed E-state index contributed by atoms with van der Waals surface area (Å²) in [7, 11) is 0. The number of hydrogen-bond acceptors (Lipinski definition) is 2. The van der Waals surface area contributed by atoms with E-state index in [0.29, 0.717) is 12.3 Å². The van der Waals surface area contributed by atoms with Gasteiger partial charge < -0.3 is 5.32 Å². The largest absolute Gasteiger partial charge is 0.344 e. The molecule has 1 aromatic heterocycles. The van der Waals surface area contributed by atoms with Crippen LogP contribution in [0.2, 0.25) is 0 Å². The number of hydrogen-bond donors (Lipinski definition) is 1. The van der Waals surface area contributed by atoms with E-state index < -0.39 is 0 Å². The molecule has 1 amide bonds. The Kier molecular flexibility index (Phi) is 5.41. The van der Waals surface area contributed by atoms with Crippen LogP contribution in [0.1, 0.15) is 55.8 Å². The fraction of sp³-hybridized carbons (Fsp3) is 0.400. The van der Waals surface area contributed by atoms with Gasteiger partial charge >= 0.3 is 0 Å². The van der Waals surface area contributed by atoms with Crippen molar-refractivity contribution in [2.24, 2.45) is 5.92 Å². The van der Waals surface area contributed by atoms with Crippen LogP contribution in [0.25, 0.3) is 0 Å². The van der Waals surface area contributed by atoms with Gasteiger partial charge in [0, 0.05) is 12.6 Å². The van der Waals surface area contributed by atoms with E-state index in [9.17, 15) is 4.79 Å². The molecule has 1 heterocycles. The normalized spacial score (nSPS) is 16.7. The lowest BCUT2D eigenvalue weighted by Gasteiger charge is -2.23. The molecule has 1 fully saturated rings. The molecule has 2 aromatic rings. The second kappa shape index (κ2) is 7.91. The van der Waals surface area contributed by atoms with E-state index in [0.717, 1.165) is 11.3 Å². The third-order valence-electron chi connectivity index (χ3n) is 4.62. The van der Waals surface area contributed by atoms with Gasteiger partial charge in [-0.15, -0.1) is 0 Å². The Morgan fingerprint density at radius 3 is 2.48 bits per heavy atom. The van der Waals surface area contributed by atoms with Gasteiger partial charge in [0.05, 0.1) is 11.7 Å². The maximum absolute atomic E-state index is 12.5. The zero-order valence-electron chi connectivity index (χ0n) is 13.4. The van der Waals surface area contributed by atoms with Crippen molar-refractivity contribution in [1.29, 1.82) is 0 Å². The zero-order valence-corrected chi connectivity index (χ0v) is 13.4. The lowest BCUT2D eigenvalue weighted by molar-refractivity contribution is -0.122. The topological polar surface area (TPSA) is 42.0 Å². The first kappa shape index (κ1) is 15.7. The predicted molar refractivity (Wildman–Crippen MR) is 91.9 cm³/mol. The average molecular weight is 308 g/mol. The molecule has 23 heavy (non-hydrogen) atoms. The Balaban J connectivity index is 1.72. The van der Waals surface area contributed by atoms with Gasteiger partial charge in [-0.2, -0.15) is 0 Å². The molecule has 3 heteroatoms. The molecule has 0 unspecified atom stereocenters. The van der Waals surface area contributed by atoms with Crippen molar-refractivity contribution >= 4 is 5.91 Å². The highest BCUT2D eigenvalue weighted by Gasteiger charge is 2.21. The van der Waals surface area contributed by atoms with Crippen molar-refractivity contribution in [2.45, 2.75) is 44.6 Å². The van der Waals surface area contributed by atoms with E-state index in [1.165, 1.54) is 32.1 Å². The van der Waals surface area contributed by atoms with Crippen molar-refractivity contribution in [2.75, 3.05) is 0 Å². The lowest BCUT2D eigenvalue weighted by Crippen LogP contribution is -2.31. The predicted octanol–water partition coefficient (Wildman–Crippen LogP) is 4.26. The van der Waals surface area contributed by atoms with Gasteiger partial charge in [-0.1, -0.05) is 55.7 Å². The summed E-state index contributed by atoms with van der Waals surface area (Å²) in [6.45, 7) is 0. The van der Waals surface area contributed by atoms with E-state index >= 15 is 0 Å². The van der Waals surface area contributed by atoms with Crippen LogP contribution in [-0.2, 0) is 4.79 Å². The molecule has 1 N–H and O–H groups in total. The van der Waals surface area contributed by atoms with Crippen molar-refractivity contribution in [3.05, 3.63) is 66.0 Å². The number of rotatable bonds is 5. The molecule has 3 nitrogen and oxygen atoms in total. The highest BCUT2D eigenvalue weighted by Crippen LogP contribution is 2.27. The number of nitrogens with one attached hydrogen (secondary N) is 1. The molecule has 0 saturated heterocycles. The molecule has 0 aliphatic heterocycles. The molecule has 1 saturated carbocycles. The first-order valence-electron chi connectivity index (χ1n) is 8.58. The van der Waals surface area contributed by atoms with Gasteiger partial charge in [-0.3, -0.25) is 9.78 Å². The molecule has 0 radical (unpaired) electrons. The van der Waals surface area contributed by atoms with Gasteiger partial charge in [-0.25, -0.2) is 0 Å². The SMILES string of the molecule is O=C(CC1CCCCC1)N[C@H](c1ccccc1)c1ccccn1. The molecular formula is C20H24N2O. The number of aromatic nitrogens is 1. The quantitative estimate of drug-likeness (QED) is 0.897. The highest BCUT2D eigenvalue weighted by atomic mass is 16.1. The van der Waals surface area contributed by atoms with E-state index in [1.807, 2.05) is 48.5 Å². The van der Waals surface area contributed by atoms with Crippen LogP contribution >= 0.6 is 0 Å². The van der Waals surface area contributed by atoms with Crippen LogP contribution < -0.4 is 5.32 Å². The van der Waals surface area contributed by atoms with E-state index in [4.69, 9.17) is 0 Å². The van der Waals surface area contributed by atoms with Crippen LogP contribution in [0.5, 0.6) is 0 Å². The van der Waals surface area contributed by atoms with Crippen molar-refractivity contribution in [3.63, 3.8) is 0 Å². The number of pyridine rings is 1. The molecule has 0 spiro atoms. The monoisotopic (exact) mass is 308 g/mol. The van der Waals surface area contributed by atoms with Crippen LogP contribution in [0, 0.1) is 5.92 Å². The maximum atomic E-state index is 12.5. The number of benzene rings is 1. The van der Waals surface area contributed by atoms with Crippen molar-refractivity contribution in [3.8, 4) is 0 Å². The summed E-state index contributed by atoms with van der Waals surface area (Å²) < 4.78 is 0. The summed E-state index contributed by atoms with van der Waals surface area (Å²) >= 11 is 0. The lowest BCUT2D eigenvalue weighted by atomic mass is 9.86. The zero-order chi connectivity index (χ0) is 15.9. The van der Waals surface area contributed by atoms with Crippen LogP contribution in [0.15, 0.2) is 54.7 Å². The number of amides is 1. The minimum atomic E-state index is -0.173.